The Morgan fingerprint density at radius 3 is 1.59 bits per heavy atom. The van der Waals surface area contributed by atoms with E-state index in [1.807, 2.05) is 6.07 Å². The van der Waals surface area contributed by atoms with Crippen molar-refractivity contribution >= 4 is 65.5 Å². The van der Waals surface area contributed by atoms with E-state index in [1.165, 1.54) is 10.9 Å². The third kappa shape index (κ3) is 3.97. The molecule has 0 atom stereocenters. The van der Waals surface area contributed by atoms with Crippen molar-refractivity contribution in [2.45, 2.75) is 0 Å². The fraction of sp³-hybridized carbons (Fsp3) is 0. The van der Waals surface area contributed by atoms with Gasteiger partial charge in [0.2, 0.25) is 5.95 Å². The van der Waals surface area contributed by atoms with Crippen molar-refractivity contribution in [2.24, 2.45) is 0 Å². The minimum atomic E-state index is 0.647. The average Bonchev–Trinajstić information content (AvgIpc) is 3.84. The predicted molar refractivity (Wildman–Crippen MR) is 210 cm³/mol. The van der Waals surface area contributed by atoms with Gasteiger partial charge in [0.25, 0.3) is 0 Å². The number of nitrogens with zero attached hydrogens (tertiary/aromatic N) is 5. The van der Waals surface area contributed by atoms with Gasteiger partial charge in [0.15, 0.2) is 0 Å². The second-order valence-corrected chi connectivity index (χ2v) is 13.0. The van der Waals surface area contributed by atoms with Crippen LogP contribution in [-0.4, -0.2) is 23.7 Å². The van der Waals surface area contributed by atoms with E-state index in [0.29, 0.717) is 5.95 Å². The highest BCUT2D eigenvalue weighted by molar-refractivity contribution is 6.29. The summed E-state index contributed by atoms with van der Waals surface area (Å²) in [5.74, 6) is 0.647. The van der Waals surface area contributed by atoms with Gasteiger partial charge in [-0.05, 0) is 48.5 Å². The molecule has 5 heteroatoms. The van der Waals surface area contributed by atoms with Crippen LogP contribution in [0.1, 0.15) is 0 Å². The van der Waals surface area contributed by atoms with E-state index in [1.54, 1.807) is 0 Å². The molecular weight excluding hydrogens is 623 g/mol. The first-order valence-corrected chi connectivity index (χ1v) is 17.3. The second kappa shape index (κ2) is 10.8. The second-order valence-electron chi connectivity index (χ2n) is 13.0. The van der Waals surface area contributed by atoms with E-state index in [0.717, 1.165) is 77.3 Å². The summed E-state index contributed by atoms with van der Waals surface area (Å²) in [6, 6.07) is 62.2. The summed E-state index contributed by atoms with van der Waals surface area (Å²) in [6.45, 7) is 0. The van der Waals surface area contributed by atoms with Crippen molar-refractivity contribution < 1.29 is 0 Å². The van der Waals surface area contributed by atoms with Gasteiger partial charge in [0.1, 0.15) is 0 Å². The lowest BCUT2D eigenvalue weighted by molar-refractivity contribution is 1.02. The van der Waals surface area contributed by atoms with Gasteiger partial charge in [-0.2, -0.15) is 0 Å². The average molecular weight is 652 g/mol. The quantitative estimate of drug-likeness (QED) is 0.190. The normalized spacial score (nSPS) is 11.9. The molecule has 0 aliphatic rings. The van der Waals surface area contributed by atoms with Gasteiger partial charge in [-0.25, -0.2) is 9.97 Å². The fourth-order valence-electron chi connectivity index (χ4n) is 8.15. The molecule has 0 saturated carbocycles. The molecule has 4 aromatic heterocycles. The monoisotopic (exact) mass is 651 g/mol. The first-order valence-electron chi connectivity index (χ1n) is 17.3. The Balaban J connectivity index is 1.40. The van der Waals surface area contributed by atoms with Crippen LogP contribution in [0.25, 0.3) is 94.1 Å². The van der Waals surface area contributed by atoms with E-state index in [4.69, 9.17) is 9.97 Å². The van der Waals surface area contributed by atoms with Crippen LogP contribution in [0.4, 0.5) is 0 Å². The molecule has 0 radical (unpaired) electrons. The van der Waals surface area contributed by atoms with Gasteiger partial charge < -0.3 is 9.13 Å². The summed E-state index contributed by atoms with van der Waals surface area (Å²) in [4.78, 5) is 10.7. The Morgan fingerprint density at radius 2 is 0.882 bits per heavy atom. The molecule has 0 unspecified atom stereocenters. The van der Waals surface area contributed by atoms with Crippen molar-refractivity contribution in [3.63, 3.8) is 0 Å². The highest BCUT2D eigenvalue weighted by Gasteiger charge is 2.27. The molecule has 51 heavy (non-hydrogen) atoms. The maximum absolute atomic E-state index is 5.43. The van der Waals surface area contributed by atoms with Crippen LogP contribution in [0, 0.1) is 0 Å². The van der Waals surface area contributed by atoms with Crippen LogP contribution < -0.4 is 0 Å². The van der Waals surface area contributed by atoms with Crippen LogP contribution in [0.2, 0.25) is 0 Å². The van der Waals surface area contributed by atoms with Crippen LogP contribution in [0.15, 0.2) is 176 Å². The number of hydrogen-bond acceptors (Lipinski definition) is 2. The van der Waals surface area contributed by atoms with E-state index in [2.05, 4.69) is 184 Å². The van der Waals surface area contributed by atoms with Gasteiger partial charge >= 0.3 is 0 Å². The molecule has 11 rings (SSSR count). The van der Waals surface area contributed by atoms with Gasteiger partial charge in [-0.15, -0.1) is 0 Å². The SMILES string of the molecule is c1ccc(-c2nc(-n3c4ccccc4c4ccc5c(c43)c3c(c4ccccc4n3-c3ccccc3)n5-c3ccccc3)nc3ccccc23)cc1. The number of aromatic nitrogens is 5. The highest BCUT2D eigenvalue weighted by Crippen LogP contribution is 2.46. The van der Waals surface area contributed by atoms with E-state index < -0.39 is 0 Å². The molecule has 0 N–H and O–H groups in total. The molecule has 0 bridgehead atoms. The summed E-state index contributed by atoms with van der Waals surface area (Å²) < 4.78 is 7.17. The largest absolute Gasteiger partial charge is 0.307 e. The van der Waals surface area contributed by atoms with E-state index >= 15 is 0 Å². The Morgan fingerprint density at radius 1 is 0.333 bits per heavy atom. The predicted octanol–water partition coefficient (Wildman–Crippen LogP) is 11.4. The minimum absolute atomic E-state index is 0.647. The highest BCUT2D eigenvalue weighted by atomic mass is 15.2. The smallest absolute Gasteiger partial charge is 0.235 e. The zero-order valence-corrected chi connectivity index (χ0v) is 27.5. The maximum Gasteiger partial charge on any atom is 0.235 e. The topological polar surface area (TPSA) is 40.6 Å². The molecule has 238 valence electrons. The molecule has 0 spiro atoms. The fourth-order valence-corrected chi connectivity index (χ4v) is 8.15. The summed E-state index contributed by atoms with van der Waals surface area (Å²) >= 11 is 0. The number of benzene rings is 7. The molecular formula is C46H29N5. The molecule has 7 aromatic carbocycles. The lowest BCUT2D eigenvalue weighted by Crippen LogP contribution is -2.04. The Bertz CT molecular complexity index is 3080. The number of rotatable bonds is 4. The molecule has 4 heterocycles. The van der Waals surface area contributed by atoms with Crippen LogP contribution >= 0.6 is 0 Å². The molecule has 0 fully saturated rings. The Kier molecular flexibility index (Phi) is 5.89. The summed E-state index contributed by atoms with van der Waals surface area (Å²) in [7, 11) is 0. The van der Waals surface area contributed by atoms with Gasteiger partial charge in [0.05, 0.1) is 44.3 Å². The van der Waals surface area contributed by atoms with Crippen molar-refractivity contribution in [1.29, 1.82) is 0 Å². The first kappa shape index (κ1) is 27.9. The van der Waals surface area contributed by atoms with Gasteiger partial charge in [-0.3, -0.25) is 4.57 Å². The summed E-state index contributed by atoms with van der Waals surface area (Å²) in [6.07, 6.45) is 0. The zero-order chi connectivity index (χ0) is 33.5. The van der Waals surface area contributed by atoms with Gasteiger partial charge in [0, 0.05) is 43.9 Å². The molecule has 11 aromatic rings. The zero-order valence-electron chi connectivity index (χ0n) is 27.5. The van der Waals surface area contributed by atoms with Crippen molar-refractivity contribution in [3.05, 3.63) is 176 Å². The third-order valence-electron chi connectivity index (χ3n) is 10.2. The molecule has 0 aliphatic heterocycles. The molecule has 5 nitrogen and oxygen atoms in total. The summed E-state index contributed by atoms with van der Waals surface area (Å²) in [5, 5.41) is 5.70. The Labute approximate surface area is 292 Å². The standard InChI is InChI=1S/C46H29N5/c1-4-16-30(17-5-1)42-35-23-10-13-25-37(35)47-46(48-42)51-38-26-14-11-22-33(38)34-28-29-40-41(43(34)51)45-44(50(40)32-20-8-3-9-21-32)36-24-12-15-27-39(36)49(45)31-18-6-2-7-19-31/h1-29H. The Hall–Kier alpha value is -6.98. The molecule has 0 amide bonds. The van der Waals surface area contributed by atoms with Gasteiger partial charge in [-0.1, -0.05) is 127 Å². The van der Waals surface area contributed by atoms with Crippen molar-refractivity contribution in [1.82, 2.24) is 23.7 Å². The maximum atomic E-state index is 5.43. The van der Waals surface area contributed by atoms with Crippen LogP contribution in [0.3, 0.4) is 0 Å². The minimum Gasteiger partial charge on any atom is -0.307 e. The van der Waals surface area contributed by atoms with Crippen LogP contribution in [0.5, 0.6) is 0 Å². The number of hydrogen-bond donors (Lipinski definition) is 0. The molecule has 0 aliphatic carbocycles. The van der Waals surface area contributed by atoms with Crippen LogP contribution in [-0.2, 0) is 0 Å². The van der Waals surface area contributed by atoms with Crippen molar-refractivity contribution in [3.8, 4) is 28.6 Å². The lowest BCUT2D eigenvalue weighted by Gasteiger charge is -2.13. The number of para-hydroxylation sites is 5. The van der Waals surface area contributed by atoms with Crippen molar-refractivity contribution in [2.75, 3.05) is 0 Å². The van der Waals surface area contributed by atoms with E-state index in [-0.39, 0.29) is 0 Å². The van der Waals surface area contributed by atoms with E-state index in [9.17, 15) is 0 Å². The number of fused-ring (bicyclic) bond motifs is 10. The first-order chi connectivity index (χ1) is 25.3. The summed E-state index contributed by atoms with van der Waals surface area (Å²) in [5.41, 5.74) is 11.9. The molecule has 0 saturated heterocycles. The lowest BCUT2D eigenvalue weighted by atomic mass is 10.1. The third-order valence-corrected chi connectivity index (χ3v) is 10.2.